The van der Waals surface area contributed by atoms with Gasteiger partial charge in [-0.1, -0.05) is 48.5 Å². The van der Waals surface area contributed by atoms with Crippen LogP contribution in [0.4, 0.5) is 0 Å². The van der Waals surface area contributed by atoms with E-state index in [0.29, 0.717) is 18.6 Å². The molecule has 2 N–H and O–H groups in total. The van der Waals surface area contributed by atoms with Crippen molar-refractivity contribution in [3.05, 3.63) is 78.4 Å². The van der Waals surface area contributed by atoms with Crippen LogP contribution in [0.5, 0.6) is 0 Å². The first-order chi connectivity index (χ1) is 15.2. The lowest BCUT2D eigenvalue weighted by molar-refractivity contribution is 0.134. The van der Waals surface area contributed by atoms with E-state index in [-0.39, 0.29) is 24.0 Å². The van der Waals surface area contributed by atoms with Gasteiger partial charge >= 0.3 is 0 Å². The van der Waals surface area contributed by atoms with Crippen molar-refractivity contribution >= 4 is 29.9 Å². The Morgan fingerprint density at radius 1 is 1.09 bits per heavy atom. The number of nitrogens with zero attached hydrogens (tertiary/aromatic N) is 5. The number of likely N-dealkylation sites (tertiary alicyclic amines) is 1. The maximum Gasteiger partial charge on any atom is 0.191 e. The molecule has 8 heteroatoms. The van der Waals surface area contributed by atoms with Gasteiger partial charge in [0, 0.05) is 37.9 Å². The van der Waals surface area contributed by atoms with E-state index >= 15 is 0 Å². The van der Waals surface area contributed by atoms with E-state index < -0.39 is 0 Å². The van der Waals surface area contributed by atoms with Gasteiger partial charge < -0.3 is 10.6 Å². The summed E-state index contributed by atoms with van der Waals surface area (Å²) in [6, 6.07) is 21.8. The first kappa shape index (κ1) is 24.2. The van der Waals surface area contributed by atoms with Crippen LogP contribution in [0.2, 0.25) is 0 Å². The van der Waals surface area contributed by atoms with Crippen molar-refractivity contribution in [3.63, 3.8) is 0 Å². The van der Waals surface area contributed by atoms with Crippen LogP contribution in [0.25, 0.3) is 5.69 Å². The van der Waals surface area contributed by atoms with E-state index in [9.17, 15) is 0 Å². The number of hydrogen-bond donors (Lipinski definition) is 2. The third-order valence-electron chi connectivity index (χ3n) is 5.87. The topological polar surface area (TPSA) is 70.4 Å². The zero-order valence-electron chi connectivity index (χ0n) is 18.7. The molecule has 32 heavy (non-hydrogen) atoms. The molecule has 3 aromatic rings. The van der Waals surface area contributed by atoms with Crippen LogP contribution < -0.4 is 10.6 Å². The van der Waals surface area contributed by atoms with Gasteiger partial charge in [-0.15, -0.1) is 34.2 Å². The predicted octanol–water partition coefficient (Wildman–Crippen LogP) is 3.60. The van der Waals surface area contributed by atoms with Crippen LogP contribution in [0.15, 0.2) is 72.0 Å². The standard InChI is InChI=1S/C24H31N7.HI/c1-19-15-21(13-14-30(19)17-20-9-5-3-6-10-20)28-24(25-2)26-16-23-29-27-18-31(23)22-11-7-4-8-12-22;/h3-12,18-19,21H,13-17H2,1-2H3,(H2,25,26,28);1H. The minimum atomic E-state index is 0. The molecule has 1 saturated heterocycles. The third kappa shape index (κ3) is 6.29. The van der Waals surface area contributed by atoms with E-state index in [0.717, 1.165) is 43.4 Å². The number of rotatable bonds is 6. The molecular formula is C24H32IN7. The number of guanidine groups is 1. The van der Waals surface area contributed by atoms with Crippen molar-refractivity contribution in [2.24, 2.45) is 4.99 Å². The first-order valence-electron chi connectivity index (χ1n) is 10.9. The third-order valence-corrected chi connectivity index (χ3v) is 5.87. The summed E-state index contributed by atoms with van der Waals surface area (Å²) in [6.07, 6.45) is 3.93. The zero-order chi connectivity index (χ0) is 21.5. The SMILES string of the molecule is CN=C(NCc1nncn1-c1ccccc1)NC1CCN(Cc2ccccc2)C(C)C1.I. The van der Waals surface area contributed by atoms with Crippen LogP contribution in [0.1, 0.15) is 31.2 Å². The average molecular weight is 545 g/mol. The molecule has 0 saturated carbocycles. The van der Waals surface area contributed by atoms with Gasteiger partial charge in [-0.3, -0.25) is 14.5 Å². The Morgan fingerprint density at radius 3 is 2.50 bits per heavy atom. The lowest BCUT2D eigenvalue weighted by atomic mass is 9.97. The van der Waals surface area contributed by atoms with Crippen molar-refractivity contribution in [1.29, 1.82) is 0 Å². The largest absolute Gasteiger partial charge is 0.354 e. The van der Waals surface area contributed by atoms with Gasteiger partial charge in [0.2, 0.25) is 0 Å². The Hall–Kier alpha value is -2.46. The fourth-order valence-corrected chi connectivity index (χ4v) is 4.14. The van der Waals surface area contributed by atoms with Gasteiger partial charge in [0.05, 0.1) is 6.54 Å². The Labute approximate surface area is 207 Å². The molecule has 1 aliphatic rings. The van der Waals surface area contributed by atoms with Gasteiger partial charge in [-0.2, -0.15) is 0 Å². The minimum absolute atomic E-state index is 0. The molecule has 0 aliphatic carbocycles. The highest BCUT2D eigenvalue weighted by atomic mass is 127. The Bertz CT molecular complexity index is 974. The summed E-state index contributed by atoms with van der Waals surface area (Å²) >= 11 is 0. The van der Waals surface area contributed by atoms with E-state index in [2.05, 4.69) is 68.0 Å². The van der Waals surface area contributed by atoms with Crippen LogP contribution in [0, 0.1) is 0 Å². The number of hydrogen-bond acceptors (Lipinski definition) is 4. The van der Waals surface area contributed by atoms with Crippen LogP contribution in [-0.4, -0.2) is 51.3 Å². The number of aliphatic imine (C=N–C) groups is 1. The van der Waals surface area contributed by atoms with E-state index in [1.165, 1.54) is 5.56 Å². The van der Waals surface area contributed by atoms with Gasteiger partial charge in [0.15, 0.2) is 11.8 Å². The maximum atomic E-state index is 4.42. The second-order valence-corrected chi connectivity index (χ2v) is 8.05. The smallest absolute Gasteiger partial charge is 0.191 e. The van der Waals surface area contributed by atoms with Crippen molar-refractivity contribution in [2.75, 3.05) is 13.6 Å². The molecule has 4 rings (SSSR count). The second kappa shape index (κ2) is 12.0. The molecule has 170 valence electrons. The Balaban J connectivity index is 0.00000289. The van der Waals surface area contributed by atoms with Crippen molar-refractivity contribution in [2.45, 2.75) is 44.9 Å². The fourth-order valence-electron chi connectivity index (χ4n) is 4.14. The summed E-state index contributed by atoms with van der Waals surface area (Å²) in [5.41, 5.74) is 2.42. The van der Waals surface area contributed by atoms with Crippen molar-refractivity contribution in [1.82, 2.24) is 30.3 Å². The summed E-state index contributed by atoms with van der Waals surface area (Å²) in [5.74, 6) is 1.65. The first-order valence-corrected chi connectivity index (χ1v) is 10.9. The highest BCUT2D eigenvalue weighted by Crippen LogP contribution is 2.20. The number of aromatic nitrogens is 3. The van der Waals surface area contributed by atoms with Crippen LogP contribution in [0.3, 0.4) is 0 Å². The normalized spacial score (nSPS) is 19.2. The molecule has 2 aromatic carbocycles. The quantitative estimate of drug-likeness (QED) is 0.282. The average Bonchev–Trinajstić information content (AvgIpc) is 3.28. The Morgan fingerprint density at radius 2 is 1.81 bits per heavy atom. The lowest BCUT2D eigenvalue weighted by Crippen LogP contribution is -2.51. The highest BCUT2D eigenvalue weighted by Gasteiger charge is 2.26. The Kier molecular flexibility index (Phi) is 9.04. The van der Waals surface area contributed by atoms with Crippen LogP contribution >= 0.6 is 24.0 Å². The molecule has 0 spiro atoms. The molecule has 2 unspecified atom stereocenters. The van der Waals surface area contributed by atoms with E-state index in [1.54, 1.807) is 6.33 Å². The van der Waals surface area contributed by atoms with Crippen LogP contribution in [-0.2, 0) is 13.1 Å². The van der Waals surface area contributed by atoms with Crippen molar-refractivity contribution in [3.8, 4) is 5.69 Å². The monoisotopic (exact) mass is 545 g/mol. The number of benzene rings is 2. The molecule has 2 atom stereocenters. The van der Waals surface area contributed by atoms with E-state index in [4.69, 9.17) is 0 Å². The summed E-state index contributed by atoms with van der Waals surface area (Å²) in [6.45, 7) is 4.95. The second-order valence-electron chi connectivity index (χ2n) is 8.05. The number of nitrogens with one attached hydrogen (secondary N) is 2. The number of piperidine rings is 1. The van der Waals surface area contributed by atoms with Gasteiger partial charge in [0.1, 0.15) is 6.33 Å². The number of para-hydroxylation sites is 1. The molecule has 0 amide bonds. The van der Waals surface area contributed by atoms with Gasteiger partial charge in [0.25, 0.3) is 0 Å². The molecule has 1 aliphatic heterocycles. The number of halogens is 1. The molecule has 2 heterocycles. The molecule has 7 nitrogen and oxygen atoms in total. The summed E-state index contributed by atoms with van der Waals surface area (Å²) in [5, 5.41) is 15.3. The minimum Gasteiger partial charge on any atom is -0.354 e. The summed E-state index contributed by atoms with van der Waals surface area (Å²) < 4.78 is 1.99. The molecule has 0 radical (unpaired) electrons. The summed E-state index contributed by atoms with van der Waals surface area (Å²) in [7, 11) is 1.81. The van der Waals surface area contributed by atoms with Gasteiger partial charge in [-0.05, 0) is 37.5 Å². The summed E-state index contributed by atoms with van der Waals surface area (Å²) in [4.78, 5) is 6.98. The lowest BCUT2D eigenvalue weighted by Gasteiger charge is -2.38. The van der Waals surface area contributed by atoms with Crippen molar-refractivity contribution < 1.29 is 0 Å². The molecule has 0 bridgehead atoms. The zero-order valence-corrected chi connectivity index (χ0v) is 21.0. The predicted molar refractivity (Wildman–Crippen MR) is 139 cm³/mol. The van der Waals surface area contributed by atoms with Gasteiger partial charge in [-0.25, -0.2) is 0 Å². The molecule has 1 fully saturated rings. The molecule has 1 aromatic heterocycles. The van der Waals surface area contributed by atoms with E-state index in [1.807, 2.05) is 41.9 Å². The highest BCUT2D eigenvalue weighted by molar-refractivity contribution is 14.0. The maximum absolute atomic E-state index is 4.42. The fraction of sp³-hybridized carbons (Fsp3) is 0.375. The molecular weight excluding hydrogens is 513 g/mol.